The second-order valence-electron chi connectivity index (χ2n) is 8.17. The lowest BCUT2D eigenvalue weighted by atomic mass is 9.90. The summed E-state index contributed by atoms with van der Waals surface area (Å²) in [6.45, 7) is 2.21. The van der Waals surface area contributed by atoms with Gasteiger partial charge < -0.3 is 8.98 Å². The number of imidazole rings is 1. The lowest BCUT2D eigenvalue weighted by Crippen LogP contribution is -2.23. The van der Waals surface area contributed by atoms with Crippen LogP contribution in [-0.4, -0.2) is 28.9 Å². The average Bonchev–Trinajstić information content (AvgIpc) is 3.42. The molecule has 9 nitrogen and oxygen atoms in total. The van der Waals surface area contributed by atoms with Crippen molar-refractivity contribution >= 4 is 22.8 Å². The zero-order valence-corrected chi connectivity index (χ0v) is 17.9. The lowest BCUT2D eigenvalue weighted by Gasteiger charge is -2.15. The maximum Gasteiger partial charge on any atom is 0.437 e. The van der Waals surface area contributed by atoms with Crippen molar-refractivity contribution in [3.8, 4) is 0 Å². The van der Waals surface area contributed by atoms with E-state index in [2.05, 4.69) is 22.0 Å². The van der Waals surface area contributed by atoms with E-state index < -0.39 is 5.76 Å². The molecule has 1 aliphatic rings. The van der Waals surface area contributed by atoms with Gasteiger partial charge in [0.2, 0.25) is 5.89 Å². The molecule has 0 aliphatic heterocycles. The molecule has 0 radical (unpaired) electrons. The molecule has 3 heterocycles. The van der Waals surface area contributed by atoms with Gasteiger partial charge in [0.05, 0.1) is 12.4 Å². The topological polar surface area (TPSA) is 101 Å². The van der Waals surface area contributed by atoms with Gasteiger partial charge in [0.25, 0.3) is 5.56 Å². The van der Waals surface area contributed by atoms with Crippen molar-refractivity contribution in [1.82, 2.24) is 28.9 Å². The van der Waals surface area contributed by atoms with Gasteiger partial charge >= 0.3 is 5.76 Å². The highest BCUT2D eigenvalue weighted by Crippen LogP contribution is 2.44. The van der Waals surface area contributed by atoms with Crippen molar-refractivity contribution in [3.05, 3.63) is 74.3 Å². The Balaban J connectivity index is 1.40. The molecule has 1 aromatic carbocycles. The second-order valence-corrected chi connectivity index (χ2v) is 8.61. The normalized spacial score (nSPS) is 21.2. The molecule has 0 unspecified atom stereocenters. The molecule has 1 saturated carbocycles. The van der Waals surface area contributed by atoms with Gasteiger partial charge in [0, 0.05) is 12.1 Å². The van der Waals surface area contributed by atoms with Crippen LogP contribution < -0.4 is 11.3 Å². The van der Waals surface area contributed by atoms with Crippen LogP contribution >= 0.6 is 11.6 Å². The minimum Gasteiger partial charge on any atom is -0.390 e. The Morgan fingerprint density at radius 3 is 2.65 bits per heavy atom. The Kier molecular flexibility index (Phi) is 4.77. The van der Waals surface area contributed by atoms with Gasteiger partial charge in [-0.2, -0.15) is 4.68 Å². The predicted molar refractivity (Wildman–Crippen MR) is 114 cm³/mol. The summed E-state index contributed by atoms with van der Waals surface area (Å²) in [4.78, 5) is 33.5. The van der Waals surface area contributed by atoms with Gasteiger partial charge in [-0.25, -0.2) is 14.8 Å². The molecular formula is C21H21ClN6O3. The lowest BCUT2D eigenvalue weighted by molar-refractivity contribution is 0.396. The first-order valence-electron chi connectivity index (χ1n) is 10.1. The highest BCUT2D eigenvalue weighted by molar-refractivity contribution is 6.30. The highest BCUT2D eigenvalue weighted by Gasteiger charge is 2.35. The van der Waals surface area contributed by atoms with E-state index >= 15 is 0 Å². The maximum atomic E-state index is 12.7. The van der Waals surface area contributed by atoms with Crippen LogP contribution in [0.2, 0.25) is 5.02 Å². The zero-order valence-electron chi connectivity index (χ0n) is 17.1. The smallest absolute Gasteiger partial charge is 0.390 e. The molecule has 0 saturated heterocycles. The molecule has 4 aromatic rings. The molecule has 10 heteroatoms. The predicted octanol–water partition coefficient (Wildman–Crippen LogP) is 2.74. The summed E-state index contributed by atoms with van der Waals surface area (Å²) in [7, 11) is 1.73. The van der Waals surface area contributed by atoms with Crippen LogP contribution in [0.3, 0.4) is 0 Å². The number of hydrogen-bond acceptors (Lipinski definition) is 6. The summed E-state index contributed by atoms with van der Waals surface area (Å²) >= 11 is 6.01. The van der Waals surface area contributed by atoms with Crippen LogP contribution in [0.5, 0.6) is 0 Å². The number of fused-ring (bicyclic) bond motifs is 1. The second kappa shape index (κ2) is 7.49. The van der Waals surface area contributed by atoms with Crippen molar-refractivity contribution in [2.24, 2.45) is 13.0 Å². The van der Waals surface area contributed by atoms with Crippen LogP contribution in [0.1, 0.15) is 43.2 Å². The number of nitrogens with zero attached hydrogens (tertiary/aromatic N) is 6. The monoisotopic (exact) mass is 440 g/mol. The Hall–Kier alpha value is -3.20. The highest BCUT2D eigenvalue weighted by atomic mass is 35.5. The van der Waals surface area contributed by atoms with Crippen molar-refractivity contribution in [3.63, 3.8) is 0 Å². The molecular weight excluding hydrogens is 420 g/mol. The minimum atomic E-state index is -0.508. The number of halogens is 1. The van der Waals surface area contributed by atoms with Crippen molar-refractivity contribution in [1.29, 1.82) is 0 Å². The van der Waals surface area contributed by atoms with Crippen molar-refractivity contribution in [2.75, 3.05) is 0 Å². The van der Waals surface area contributed by atoms with E-state index in [0.29, 0.717) is 28.0 Å². The van der Waals surface area contributed by atoms with Crippen LogP contribution in [0.15, 0.2) is 50.9 Å². The zero-order chi connectivity index (χ0) is 21.7. The Morgan fingerprint density at radius 1 is 1.13 bits per heavy atom. The number of hydrogen-bond donors (Lipinski definition) is 0. The number of benzene rings is 1. The number of aromatic nitrogens is 6. The molecule has 3 atom stereocenters. The molecule has 0 bridgehead atoms. The van der Waals surface area contributed by atoms with E-state index in [-0.39, 0.29) is 24.0 Å². The fraction of sp³-hybridized carbons (Fsp3) is 0.381. The van der Waals surface area contributed by atoms with E-state index in [0.717, 1.165) is 12.8 Å². The van der Waals surface area contributed by atoms with Gasteiger partial charge in [0.15, 0.2) is 11.2 Å². The molecule has 5 rings (SSSR count). The Bertz CT molecular complexity index is 1370. The first kappa shape index (κ1) is 19.7. The molecule has 1 aliphatic carbocycles. The van der Waals surface area contributed by atoms with Crippen molar-refractivity contribution < 1.29 is 4.42 Å². The molecule has 0 amide bonds. The third-order valence-electron chi connectivity index (χ3n) is 6.12. The van der Waals surface area contributed by atoms with Crippen LogP contribution in [-0.2, 0) is 13.6 Å². The molecule has 0 spiro atoms. The summed E-state index contributed by atoms with van der Waals surface area (Å²) in [6, 6.07) is 7.80. The molecule has 31 heavy (non-hydrogen) atoms. The maximum absolute atomic E-state index is 12.7. The van der Waals surface area contributed by atoms with E-state index in [1.54, 1.807) is 11.6 Å². The average molecular weight is 441 g/mol. The third kappa shape index (κ3) is 3.48. The summed E-state index contributed by atoms with van der Waals surface area (Å²) in [5, 5.41) is 5.11. The molecule has 160 valence electrons. The van der Waals surface area contributed by atoms with Gasteiger partial charge in [-0.3, -0.25) is 9.36 Å². The Morgan fingerprint density at radius 2 is 1.87 bits per heavy atom. The van der Waals surface area contributed by atoms with E-state index in [9.17, 15) is 9.59 Å². The largest absolute Gasteiger partial charge is 0.437 e. The summed E-state index contributed by atoms with van der Waals surface area (Å²) in [6.07, 6.45) is 4.54. The SMILES string of the molecule is C[C@@H]1C[C@@H](n2nc(Cn3cnc4ncn(C)c4c3=O)oc2=O)C[C@@H]1c1ccc(Cl)cc1. The molecule has 0 N–H and O–H groups in total. The molecule has 3 aromatic heterocycles. The van der Waals surface area contributed by atoms with Crippen LogP contribution in [0.4, 0.5) is 0 Å². The van der Waals surface area contributed by atoms with Crippen LogP contribution in [0, 0.1) is 5.92 Å². The fourth-order valence-electron chi connectivity index (χ4n) is 4.54. The standard InChI is InChI=1S/C21H21ClN6O3/c1-12-7-15(8-16(12)13-3-5-14(22)6-4-13)28-21(30)31-17(25-28)9-27-11-24-19-18(20(27)29)26(2)10-23-19/h3-6,10-12,15-16H,7-9H2,1-2H3/t12-,15-,16+/m1/s1. The van der Waals surface area contributed by atoms with E-state index in [1.165, 1.54) is 27.5 Å². The fourth-order valence-corrected chi connectivity index (χ4v) is 4.67. The minimum absolute atomic E-state index is 0.0259. The summed E-state index contributed by atoms with van der Waals surface area (Å²) in [5.41, 5.74) is 1.71. The summed E-state index contributed by atoms with van der Waals surface area (Å²) < 4.78 is 9.78. The van der Waals surface area contributed by atoms with Gasteiger partial charge in [0.1, 0.15) is 12.9 Å². The van der Waals surface area contributed by atoms with E-state index in [1.807, 2.05) is 24.3 Å². The van der Waals surface area contributed by atoms with Gasteiger partial charge in [-0.15, -0.1) is 5.10 Å². The first-order chi connectivity index (χ1) is 14.9. The van der Waals surface area contributed by atoms with Crippen molar-refractivity contribution in [2.45, 2.75) is 38.3 Å². The summed E-state index contributed by atoms with van der Waals surface area (Å²) in [5.74, 6) is 0.371. The first-order valence-corrected chi connectivity index (χ1v) is 10.5. The van der Waals surface area contributed by atoms with Gasteiger partial charge in [-0.05, 0) is 42.4 Å². The van der Waals surface area contributed by atoms with Gasteiger partial charge in [-0.1, -0.05) is 30.7 Å². The quantitative estimate of drug-likeness (QED) is 0.483. The number of aryl methyl sites for hydroxylation is 1. The Labute approximate surface area is 181 Å². The van der Waals surface area contributed by atoms with Crippen LogP contribution in [0.25, 0.3) is 11.2 Å². The number of rotatable bonds is 4. The third-order valence-corrected chi connectivity index (χ3v) is 6.37. The van der Waals surface area contributed by atoms with E-state index in [4.69, 9.17) is 16.0 Å². The molecule has 1 fully saturated rings.